The predicted molar refractivity (Wildman–Crippen MR) is 52.1 cm³/mol. The fourth-order valence-corrected chi connectivity index (χ4v) is 1.74. The lowest BCUT2D eigenvalue weighted by Gasteiger charge is -2.21. The van der Waals surface area contributed by atoms with Crippen LogP contribution in [0.4, 0.5) is 0 Å². The molecule has 0 aromatic heterocycles. The highest BCUT2D eigenvalue weighted by atomic mass is 16.4. The third-order valence-electron chi connectivity index (χ3n) is 2.59. The molecule has 0 unspecified atom stereocenters. The average Bonchev–Trinajstić information content (AvgIpc) is 2.10. The quantitative estimate of drug-likeness (QED) is 0.662. The maximum atomic E-state index is 10.5. The van der Waals surface area contributed by atoms with E-state index in [4.69, 9.17) is 10.2 Å². The standard InChI is InChI=1S/C10H18O4/c1-3-7(5-9(11)12)8(4-2)6-10(13)14/h7-8H,3-6H2,1-2H3,(H,11,12)(H,13,14)/t7-,8-/m0/s1. The van der Waals surface area contributed by atoms with Crippen molar-refractivity contribution in [1.82, 2.24) is 0 Å². The highest BCUT2D eigenvalue weighted by Crippen LogP contribution is 2.25. The van der Waals surface area contributed by atoms with Gasteiger partial charge in [0.15, 0.2) is 0 Å². The molecule has 0 aromatic carbocycles. The third-order valence-corrected chi connectivity index (χ3v) is 2.59. The zero-order valence-electron chi connectivity index (χ0n) is 8.69. The molecule has 14 heavy (non-hydrogen) atoms. The summed E-state index contributed by atoms with van der Waals surface area (Å²) in [7, 11) is 0. The lowest BCUT2D eigenvalue weighted by atomic mass is 9.83. The van der Waals surface area contributed by atoms with Crippen molar-refractivity contribution in [3.05, 3.63) is 0 Å². The van der Waals surface area contributed by atoms with Gasteiger partial charge in [-0.1, -0.05) is 26.7 Å². The molecule has 2 atom stereocenters. The van der Waals surface area contributed by atoms with Gasteiger partial charge >= 0.3 is 11.9 Å². The van der Waals surface area contributed by atoms with Crippen molar-refractivity contribution in [2.24, 2.45) is 11.8 Å². The highest BCUT2D eigenvalue weighted by molar-refractivity contribution is 5.68. The second-order valence-electron chi connectivity index (χ2n) is 3.53. The summed E-state index contributed by atoms with van der Waals surface area (Å²) in [6, 6.07) is 0. The number of rotatable bonds is 7. The first kappa shape index (κ1) is 12.9. The molecule has 0 spiro atoms. The first-order valence-corrected chi connectivity index (χ1v) is 4.94. The smallest absolute Gasteiger partial charge is 0.303 e. The molecule has 0 aliphatic rings. The van der Waals surface area contributed by atoms with Gasteiger partial charge in [0.1, 0.15) is 0 Å². The molecular weight excluding hydrogens is 184 g/mol. The van der Waals surface area contributed by atoms with Crippen LogP contribution in [0.15, 0.2) is 0 Å². The van der Waals surface area contributed by atoms with Crippen LogP contribution in [0.3, 0.4) is 0 Å². The topological polar surface area (TPSA) is 74.6 Å². The summed E-state index contributed by atoms with van der Waals surface area (Å²) in [5, 5.41) is 17.3. The summed E-state index contributed by atoms with van der Waals surface area (Å²) < 4.78 is 0. The lowest BCUT2D eigenvalue weighted by molar-refractivity contribution is -0.142. The molecule has 0 aromatic rings. The first-order valence-electron chi connectivity index (χ1n) is 4.94. The van der Waals surface area contributed by atoms with Crippen LogP contribution >= 0.6 is 0 Å². The van der Waals surface area contributed by atoms with Crippen LogP contribution in [0.1, 0.15) is 39.5 Å². The van der Waals surface area contributed by atoms with E-state index in [1.165, 1.54) is 0 Å². The molecule has 2 N–H and O–H groups in total. The van der Waals surface area contributed by atoms with E-state index >= 15 is 0 Å². The largest absolute Gasteiger partial charge is 0.481 e. The Morgan fingerprint density at radius 3 is 1.36 bits per heavy atom. The molecule has 0 heterocycles. The molecule has 4 nitrogen and oxygen atoms in total. The maximum absolute atomic E-state index is 10.5. The van der Waals surface area contributed by atoms with E-state index in [1.54, 1.807) is 0 Å². The minimum atomic E-state index is -0.847. The van der Waals surface area contributed by atoms with Gasteiger partial charge in [0.2, 0.25) is 0 Å². The van der Waals surface area contributed by atoms with E-state index in [0.717, 1.165) is 12.8 Å². The second-order valence-corrected chi connectivity index (χ2v) is 3.53. The number of aliphatic carboxylic acids is 2. The summed E-state index contributed by atoms with van der Waals surface area (Å²) >= 11 is 0. The number of hydrogen-bond acceptors (Lipinski definition) is 2. The monoisotopic (exact) mass is 202 g/mol. The Hall–Kier alpha value is -1.06. The van der Waals surface area contributed by atoms with Gasteiger partial charge in [-0.15, -0.1) is 0 Å². The van der Waals surface area contributed by atoms with E-state index in [0.29, 0.717) is 0 Å². The van der Waals surface area contributed by atoms with Crippen molar-refractivity contribution in [3.63, 3.8) is 0 Å². The van der Waals surface area contributed by atoms with Crippen molar-refractivity contribution in [3.8, 4) is 0 Å². The number of carboxylic acids is 2. The summed E-state index contributed by atoms with van der Waals surface area (Å²) in [4.78, 5) is 21.1. The molecule has 0 amide bonds. The molecule has 0 saturated carbocycles. The van der Waals surface area contributed by atoms with Crippen LogP contribution in [-0.4, -0.2) is 22.2 Å². The Bertz CT molecular complexity index is 178. The Morgan fingerprint density at radius 1 is 0.929 bits per heavy atom. The zero-order valence-corrected chi connectivity index (χ0v) is 8.69. The molecule has 0 rings (SSSR count). The van der Waals surface area contributed by atoms with Gasteiger partial charge in [0.25, 0.3) is 0 Å². The van der Waals surface area contributed by atoms with E-state index in [-0.39, 0.29) is 24.7 Å². The second kappa shape index (κ2) is 6.40. The van der Waals surface area contributed by atoms with E-state index in [9.17, 15) is 9.59 Å². The number of carboxylic acid groups (broad SMARTS) is 2. The van der Waals surface area contributed by atoms with Gasteiger partial charge in [-0.25, -0.2) is 0 Å². The van der Waals surface area contributed by atoms with Gasteiger partial charge in [-0.2, -0.15) is 0 Å². The normalized spacial score (nSPS) is 14.7. The summed E-state index contributed by atoms with van der Waals surface area (Å²) in [5.41, 5.74) is 0. The van der Waals surface area contributed by atoms with Crippen LogP contribution in [0.2, 0.25) is 0 Å². The summed E-state index contributed by atoms with van der Waals surface area (Å²) in [6.45, 7) is 3.80. The van der Waals surface area contributed by atoms with E-state index in [2.05, 4.69) is 0 Å². The van der Waals surface area contributed by atoms with Gasteiger partial charge in [-0.05, 0) is 11.8 Å². The minimum Gasteiger partial charge on any atom is -0.481 e. The predicted octanol–water partition coefficient (Wildman–Crippen LogP) is 1.99. The van der Waals surface area contributed by atoms with Crippen LogP contribution in [0, 0.1) is 11.8 Å². The molecule has 0 bridgehead atoms. The van der Waals surface area contributed by atoms with Crippen molar-refractivity contribution in [2.75, 3.05) is 0 Å². The Labute approximate surface area is 83.9 Å². The number of carbonyl (C=O) groups is 2. The Morgan fingerprint density at radius 2 is 1.21 bits per heavy atom. The summed E-state index contributed by atoms with van der Waals surface area (Å²) in [5.74, 6) is -1.73. The Kier molecular flexibility index (Phi) is 5.92. The van der Waals surface area contributed by atoms with Gasteiger partial charge in [-0.3, -0.25) is 9.59 Å². The van der Waals surface area contributed by atoms with E-state index < -0.39 is 11.9 Å². The highest BCUT2D eigenvalue weighted by Gasteiger charge is 2.23. The minimum absolute atomic E-state index is 0.0198. The molecule has 0 radical (unpaired) electrons. The van der Waals surface area contributed by atoms with Crippen molar-refractivity contribution in [1.29, 1.82) is 0 Å². The average molecular weight is 202 g/mol. The first-order chi connectivity index (χ1) is 6.51. The lowest BCUT2D eigenvalue weighted by Crippen LogP contribution is -2.20. The fourth-order valence-electron chi connectivity index (χ4n) is 1.74. The number of hydrogen-bond donors (Lipinski definition) is 2. The SMILES string of the molecule is CC[C@@H](CC(=O)O)[C@@H](CC)CC(=O)O. The van der Waals surface area contributed by atoms with Crippen LogP contribution in [0.5, 0.6) is 0 Å². The van der Waals surface area contributed by atoms with E-state index in [1.807, 2.05) is 13.8 Å². The van der Waals surface area contributed by atoms with Gasteiger partial charge < -0.3 is 10.2 Å². The third kappa shape index (κ3) is 4.84. The molecule has 0 aliphatic carbocycles. The molecule has 0 fully saturated rings. The van der Waals surface area contributed by atoms with Crippen LogP contribution in [0.25, 0.3) is 0 Å². The maximum Gasteiger partial charge on any atom is 0.303 e. The van der Waals surface area contributed by atoms with Crippen LogP contribution < -0.4 is 0 Å². The van der Waals surface area contributed by atoms with Crippen molar-refractivity contribution < 1.29 is 19.8 Å². The fraction of sp³-hybridized carbons (Fsp3) is 0.800. The van der Waals surface area contributed by atoms with Crippen molar-refractivity contribution in [2.45, 2.75) is 39.5 Å². The molecule has 4 heteroatoms. The molecular formula is C10H18O4. The van der Waals surface area contributed by atoms with Crippen molar-refractivity contribution >= 4 is 11.9 Å². The Balaban J connectivity index is 4.28. The summed E-state index contributed by atoms with van der Waals surface area (Å²) in [6.07, 6.45) is 1.58. The molecule has 0 aliphatic heterocycles. The van der Waals surface area contributed by atoms with Gasteiger partial charge in [0, 0.05) is 12.8 Å². The molecule has 82 valence electrons. The molecule has 0 saturated heterocycles. The van der Waals surface area contributed by atoms with Gasteiger partial charge in [0.05, 0.1) is 0 Å². The van der Waals surface area contributed by atoms with Crippen LogP contribution in [-0.2, 0) is 9.59 Å². The zero-order chi connectivity index (χ0) is 11.1.